The van der Waals surface area contributed by atoms with Gasteiger partial charge in [-0.1, -0.05) is 61.4 Å². The van der Waals surface area contributed by atoms with Gasteiger partial charge in [0.2, 0.25) is 5.91 Å². The van der Waals surface area contributed by atoms with Crippen LogP contribution < -0.4 is 10.6 Å². The predicted octanol–water partition coefficient (Wildman–Crippen LogP) is 4.31. The third-order valence-corrected chi connectivity index (χ3v) is 7.23. The number of nitrogens with one attached hydrogen (secondary N) is 2. The molecule has 2 aliphatic carbocycles. The summed E-state index contributed by atoms with van der Waals surface area (Å²) in [5.41, 5.74) is 2.79. The van der Waals surface area contributed by atoms with E-state index in [1.807, 2.05) is 24.3 Å². The van der Waals surface area contributed by atoms with Crippen LogP contribution in [0.5, 0.6) is 0 Å². The summed E-state index contributed by atoms with van der Waals surface area (Å²) < 4.78 is 5.54. The van der Waals surface area contributed by atoms with Crippen LogP contribution in [0, 0.1) is 10.8 Å². The third kappa shape index (κ3) is 4.65. The van der Waals surface area contributed by atoms with Gasteiger partial charge in [-0.05, 0) is 48.9 Å². The molecule has 2 amide bonds. The molecule has 2 aromatic carbocycles. The van der Waals surface area contributed by atoms with Crippen LogP contribution in [0.15, 0.2) is 48.5 Å². The van der Waals surface area contributed by atoms with Gasteiger partial charge in [-0.3, -0.25) is 9.59 Å². The van der Waals surface area contributed by atoms with Gasteiger partial charge in [0, 0.05) is 19.0 Å². The molecule has 7 heteroatoms. The highest BCUT2D eigenvalue weighted by molar-refractivity contribution is 5.84. The minimum Gasteiger partial charge on any atom is -0.481 e. The maximum absolute atomic E-state index is 12.7. The number of carboxylic acids is 1. The number of hydrogen-bond donors (Lipinski definition) is 3. The average Bonchev–Trinajstić information content (AvgIpc) is 3.44. The van der Waals surface area contributed by atoms with E-state index in [9.17, 15) is 19.5 Å². The number of alkyl carbamates (subject to hydrolysis) is 1. The van der Waals surface area contributed by atoms with E-state index in [4.69, 9.17) is 4.74 Å². The van der Waals surface area contributed by atoms with E-state index in [-0.39, 0.29) is 31.5 Å². The fourth-order valence-corrected chi connectivity index (χ4v) is 5.03. The first-order valence-corrected chi connectivity index (χ1v) is 11.8. The molecule has 2 aromatic rings. The van der Waals surface area contributed by atoms with Crippen molar-refractivity contribution in [2.24, 2.45) is 10.8 Å². The van der Waals surface area contributed by atoms with Gasteiger partial charge in [-0.15, -0.1) is 0 Å². The van der Waals surface area contributed by atoms with Gasteiger partial charge in [-0.25, -0.2) is 4.79 Å². The van der Waals surface area contributed by atoms with E-state index in [1.54, 1.807) is 13.8 Å². The molecule has 0 aromatic heterocycles. The van der Waals surface area contributed by atoms with Gasteiger partial charge in [0.05, 0.1) is 10.8 Å². The molecule has 0 heterocycles. The molecule has 34 heavy (non-hydrogen) atoms. The molecule has 0 atom stereocenters. The zero-order chi connectivity index (χ0) is 24.3. The summed E-state index contributed by atoms with van der Waals surface area (Å²) in [5.74, 6) is -1.19. The quantitative estimate of drug-likeness (QED) is 0.540. The molecule has 1 fully saturated rings. The van der Waals surface area contributed by atoms with Crippen LogP contribution >= 0.6 is 0 Å². The van der Waals surface area contributed by atoms with Crippen molar-refractivity contribution in [1.29, 1.82) is 0 Å². The summed E-state index contributed by atoms with van der Waals surface area (Å²) in [6.07, 6.45) is 2.27. The van der Waals surface area contributed by atoms with E-state index >= 15 is 0 Å². The number of amides is 2. The van der Waals surface area contributed by atoms with E-state index in [1.165, 1.54) is 0 Å². The van der Waals surface area contributed by atoms with Crippen molar-refractivity contribution < 1.29 is 24.2 Å². The summed E-state index contributed by atoms with van der Waals surface area (Å²) in [6, 6.07) is 16.3. The van der Waals surface area contributed by atoms with E-state index in [0.29, 0.717) is 12.8 Å². The number of fused-ring (bicyclic) bond motifs is 3. The van der Waals surface area contributed by atoms with Crippen molar-refractivity contribution in [2.45, 2.75) is 45.4 Å². The minimum atomic E-state index is -0.913. The molecular formula is C27H32N2O5. The van der Waals surface area contributed by atoms with Crippen LogP contribution in [0.1, 0.15) is 56.6 Å². The molecule has 3 N–H and O–H groups in total. The van der Waals surface area contributed by atoms with Gasteiger partial charge in [0.15, 0.2) is 0 Å². The third-order valence-electron chi connectivity index (χ3n) is 7.23. The number of carbonyl (C=O) groups is 3. The fraction of sp³-hybridized carbons (Fsp3) is 0.444. The lowest BCUT2D eigenvalue weighted by Crippen LogP contribution is -2.49. The van der Waals surface area contributed by atoms with Crippen LogP contribution in [0.25, 0.3) is 11.1 Å². The highest BCUT2D eigenvalue weighted by Crippen LogP contribution is 2.44. The summed E-state index contributed by atoms with van der Waals surface area (Å²) in [7, 11) is 0. The Kier molecular flexibility index (Phi) is 6.64. The fourth-order valence-electron chi connectivity index (χ4n) is 5.03. The maximum atomic E-state index is 12.7. The summed E-state index contributed by atoms with van der Waals surface area (Å²) >= 11 is 0. The second kappa shape index (κ2) is 9.49. The molecule has 0 unspecified atom stereocenters. The Bertz CT molecular complexity index is 1040. The molecule has 0 bridgehead atoms. The van der Waals surface area contributed by atoms with E-state index in [2.05, 4.69) is 34.9 Å². The highest BCUT2D eigenvalue weighted by Gasteiger charge is 2.42. The topological polar surface area (TPSA) is 105 Å². The smallest absolute Gasteiger partial charge is 0.407 e. The normalized spacial score (nSPS) is 16.4. The Morgan fingerprint density at radius 3 is 2.09 bits per heavy atom. The monoisotopic (exact) mass is 464 g/mol. The Hall–Kier alpha value is -3.35. The Balaban J connectivity index is 1.30. The molecule has 0 spiro atoms. The van der Waals surface area contributed by atoms with Crippen LogP contribution in [-0.4, -0.2) is 42.8 Å². The number of carboxylic acid groups (broad SMARTS) is 1. The molecular weight excluding hydrogens is 432 g/mol. The summed E-state index contributed by atoms with van der Waals surface area (Å²) in [4.78, 5) is 36.9. The Morgan fingerprint density at radius 2 is 1.53 bits per heavy atom. The van der Waals surface area contributed by atoms with Crippen molar-refractivity contribution in [2.75, 3.05) is 19.7 Å². The number of hydrogen-bond acceptors (Lipinski definition) is 4. The molecule has 0 saturated heterocycles. The Labute approximate surface area is 199 Å². The number of aliphatic carboxylic acids is 1. The highest BCUT2D eigenvalue weighted by atomic mass is 16.5. The van der Waals surface area contributed by atoms with Gasteiger partial charge in [0.1, 0.15) is 6.61 Å². The van der Waals surface area contributed by atoms with Crippen LogP contribution in [-0.2, 0) is 14.3 Å². The standard InChI is InChI=1S/C27H32N2O5/c1-26(2,23(30)28-17-27(24(31)32)13-7-8-14-27)16-29-25(33)34-15-22-20-11-5-3-9-18(20)19-10-4-6-12-21(19)22/h3-6,9-12,22H,7-8,13-17H2,1-2H3,(H,28,30)(H,29,33)(H,31,32). The summed E-state index contributed by atoms with van der Waals surface area (Å²) in [6.45, 7) is 3.82. The molecule has 4 rings (SSSR count). The molecule has 0 aliphatic heterocycles. The SMILES string of the molecule is CC(C)(CNC(=O)OCC1c2ccccc2-c2ccccc21)C(=O)NCC1(C(=O)O)CCCC1. The summed E-state index contributed by atoms with van der Waals surface area (Å²) in [5, 5.41) is 15.1. The first kappa shape index (κ1) is 23.8. The molecule has 180 valence electrons. The van der Waals surface area contributed by atoms with Gasteiger partial charge >= 0.3 is 12.1 Å². The second-order valence-electron chi connectivity index (χ2n) is 10.0. The van der Waals surface area contributed by atoms with Gasteiger partial charge < -0.3 is 20.5 Å². The van der Waals surface area contributed by atoms with E-state index < -0.39 is 22.9 Å². The van der Waals surface area contributed by atoms with E-state index in [0.717, 1.165) is 35.1 Å². The maximum Gasteiger partial charge on any atom is 0.407 e. The lowest BCUT2D eigenvalue weighted by Gasteiger charge is -2.28. The number of benzene rings is 2. The van der Waals surface area contributed by atoms with Crippen molar-refractivity contribution in [3.8, 4) is 11.1 Å². The minimum absolute atomic E-state index is 0.0342. The first-order valence-electron chi connectivity index (χ1n) is 11.8. The lowest BCUT2D eigenvalue weighted by molar-refractivity contribution is -0.148. The average molecular weight is 465 g/mol. The predicted molar refractivity (Wildman–Crippen MR) is 128 cm³/mol. The molecule has 0 radical (unpaired) electrons. The lowest BCUT2D eigenvalue weighted by atomic mass is 9.85. The van der Waals surface area contributed by atoms with Crippen molar-refractivity contribution in [3.05, 3.63) is 59.7 Å². The molecule has 2 aliphatic rings. The second-order valence-corrected chi connectivity index (χ2v) is 10.0. The zero-order valence-electron chi connectivity index (χ0n) is 19.7. The number of ether oxygens (including phenoxy) is 1. The van der Waals surface area contributed by atoms with Crippen LogP contribution in [0.2, 0.25) is 0 Å². The van der Waals surface area contributed by atoms with Crippen LogP contribution in [0.4, 0.5) is 4.79 Å². The first-order chi connectivity index (χ1) is 16.2. The Morgan fingerprint density at radius 1 is 0.971 bits per heavy atom. The van der Waals surface area contributed by atoms with Crippen molar-refractivity contribution >= 4 is 18.0 Å². The van der Waals surface area contributed by atoms with Gasteiger partial charge in [-0.2, -0.15) is 0 Å². The largest absolute Gasteiger partial charge is 0.481 e. The van der Waals surface area contributed by atoms with Crippen molar-refractivity contribution in [1.82, 2.24) is 10.6 Å². The molecule has 1 saturated carbocycles. The number of rotatable bonds is 8. The molecule has 7 nitrogen and oxygen atoms in total. The van der Waals surface area contributed by atoms with Crippen molar-refractivity contribution in [3.63, 3.8) is 0 Å². The van der Waals surface area contributed by atoms with Gasteiger partial charge in [0.25, 0.3) is 0 Å². The number of carbonyl (C=O) groups excluding carboxylic acids is 2. The van der Waals surface area contributed by atoms with Crippen LogP contribution in [0.3, 0.4) is 0 Å². The zero-order valence-corrected chi connectivity index (χ0v) is 19.7.